The largest absolute Gasteiger partial charge is 0.481 e. The first-order valence-corrected chi connectivity index (χ1v) is 23.1. The molecule has 0 atom stereocenters. The van der Waals surface area contributed by atoms with Gasteiger partial charge in [0.05, 0.1) is 152 Å². The van der Waals surface area contributed by atoms with Gasteiger partial charge < -0.3 is 67.3 Å². The lowest BCUT2D eigenvalue weighted by atomic mass is 10.0. The van der Waals surface area contributed by atoms with E-state index >= 15 is 0 Å². The zero-order chi connectivity index (χ0) is 43.3. The van der Waals surface area contributed by atoms with Crippen LogP contribution < -0.4 is 5.32 Å². The van der Waals surface area contributed by atoms with E-state index in [1.54, 1.807) is 0 Å². The molecule has 358 valence electrons. The number of carbonyl (C=O) groups is 2. The molecule has 1 amide bonds. The molecule has 0 aliphatic heterocycles. The van der Waals surface area contributed by atoms with Gasteiger partial charge in [-0.05, 0) is 12.8 Å². The maximum atomic E-state index is 11.4. The molecule has 0 aliphatic rings. The summed E-state index contributed by atoms with van der Waals surface area (Å²) in [6, 6.07) is 0. The van der Waals surface area contributed by atoms with E-state index in [2.05, 4.69) is 12.2 Å². The Labute approximate surface area is 362 Å². The number of aliphatic carboxylic acids is 1. The first kappa shape index (κ1) is 58.5. The van der Waals surface area contributed by atoms with Crippen LogP contribution in [0.1, 0.15) is 110 Å². The number of unbranched alkanes of at least 4 members (excludes halogenated alkanes) is 12. The smallest absolute Gasteiger partial charge is 0.303 e. The lowest BCUT2D eigenvalue weighted by Crippen LogP contribution is -2.25. The fourth-order valence-electron chi connectivity index (χ4n) is 5.45. The molecular weight excluding hydrogens is 782 g/mol. The highest BCUT2D eigenvalue weighted by Gasteiger charge is 2.04. The third kappa shape index (κ3) is 54.5. The average Bonchev–Trinajstić information content (AvgIpc) is 3.24. The van der Waals surface area contributed by atoms with Crippen LogP contribution in [0.15, 0.2) is 0 Å². The molecule has 0 fully saturated rings. The Morgan fingerprint density at radius 3 is 0.817 bits per heavy atom. The molecule has 0 spiro atoms. The van der Waals surface area contributed by atoms with Gasteiger partial charge in [-0.2, -0.15) is 0 Å². The normalized spacial score (nSPS) is 11.5. The molecule has 0 saturated carbocycles. The molecule has 0 bridgehead atoms. The molecule has 16 heteroatoms. The Morgan fingerprint density at radius 1 is 0.317 bits per heavy atom. The number of hydrogen-bond acceptors (Lipinski definition) is 14. The monoisotopic (exact) mass is 870 g/mol. The maximum absolute atomic E-state index is 11.4. The van der Waals surface area contributed by atoms with Crippen LogP contribution in [0.2, 0.25) is 0 Å². The summed E-state index contributed by atoms with van der Waals surface area (Å²) in [4.78, 5) is 21.8. The van der Waals surface area contributed by atoms with Gasteiger partial charge in [0.25, 0.3) is 0 Å². The van der Waals surface area contributed by atoms with E-state index in [9.17, 15) is 9.59 Å². The van der Waals surface area contributed by atoms with Gasteiger partial charge in [0.1, 0.15) is 0 Å². The molecule has 60 heavy (non-hydrogen) atoms. The highest BCUT2D eigenvalue weighted by Crippen LogP contribution is 2.12. The van der Waals surface area contributed by atoms with E-state index < -0.39 is 5.97 Å². The van der Waals surface area contributed by atoms with Gasteiger partial charge >= 0.3 is 5.97 Å². The molecule has 0 unspecified atom stereocenters. The third-order valence-electron chi connectivity index (χ3n) is 8.84. The van der Waals surface area contributed by atoms with Gasteiger partial charge in [0.2, 0.25) is 5.91 Å². The molecule has 2 N–H and O–H groups in total. The molecule has 0 aromatic carbocycles. The van der Waals surface area contributed by atoms with Gasteiger partial charge in [0, 0.05) is 26.2 Å². The van der Waals surface area contributed by atoms with Gasteiger partial charge in [-0.1, -0.05) is 84.0 Å². The number of rotatable bonds is 54. The fourth-order valence-corrected chi connectivity index (χ4v) is 5.45. The van der Waals surface area contributed by atoms with Gasteiger partial charge in [0.15, 0.2) is 0 Å². The van der Waals surface area contributed by atoms with Crippen molar-refractivity contribution in [1.82, 2.24) is 5.32 Å². The second-order valence-corrected chi connectivity index (χ2v) is 14.2. The quantitative estimate of drug-likeness (QED) is 0.0717. The third-order valence-corrected chi connectivity index (χ3v) is 8.84. The number of ether oxygens (including phenoxy) is 12. The number of nitrogens with one attached hydrogen (secondary N) is 1. The minimum absolute atomic E-state index is 0.00998. The average molecular weight is 870 g/mol. The minimum atomic E-state index is -0.982. The zero-order valence-corrected chi connectivity index (χ0v) is 37.7. The van der Waals surface area contributed by atoms with Crippen LogP contribution in [0.4, 0.5) is 0 Å². The van der Waals surface area contributed by atoms with Crippen molar-refractivity contribution in [3.63, 3.8) is 0 Å². The predicted molar refractivity (Wildman–Crippen MR) is 230 cm³/mol. The van der Waals surface area contributed by atoms with Crippen molar-refractivity contribution in [1.29, 1.82) is 0 Å². The molecule has 0 saturated heterocycles. The number of carboxylic acid groups (broad SMARTS) is 1. The predicted octanol–water partition coefficient (Wildman–Crippen LogP) is 5.65. The van der Waals surface area contributed by atoms with E-state index in [1.165, 1.54) is 77.0 Å². The summed E-state index contributed by atoms with van der Waals surface area (Å²) >= 11 is 0. The van der Waals surface area contributed by atoms with Crippen LogP contribution in [0.25, 0.3) is 0 Å². The lowest BCUT2D eigenvalue weighted by molar-refractivity contribution is -0.138. The standard InChI is InChI=1S/C44H87NO15/c1-2-3-4-5-6-7-8-9-10-11-12-13-14-19-49-21-23-51-25-27-53-29-31-55-33-35-57-37-39-59-41-42-60-40-38-58-36-34-56-32-30-54-28-26-52-24-22-50-20-15-18-45-43(46)16-17-44(47)48/h2-42H2,1H3,(H,45,46)(H,47,48). The van der Waals surface area contributed by atoms with Crippen LogP contribution in [0.5, 0.6) is 0 Å². The highest BCUT2D eigenvalue weighted by molar-refractivity contribution is 5.80. The summed E-state index contributed by atoms with van der Waals surface area (Å²) in [6.45, 7) is 15.2. The summed E-state index contributed by atoms with van der Waals surface area (Å²) in [6.07, 6.45) is 18.2. The van der Waals surface area contributed by atoms with Crippen molar-refractivity contribution >= 4 is 11.9 Å². The maximum Gasteiger partial charge on any atom is 0.303 e. The molecular formula is C44H87NO15. The number of amides is 1. The van der Waals surface area contributed by atoms with Crippen LogP contribution >= 0.6 is 0 Å². The highest BCUT2D eigenvalue weighted by atomic mass is 16.6. The van der Waals surface area contributed by atoms with Crippen LogP contribution in [0.3, 0.4) is 0 Å². The Hall–Kier alpha value is -1.54. The van der Waals surface area contributed by atoms with E-state index in [4.69, 9.17) is 61.9 Å². The van der Waals surface area contributed by atoms with Crippen molar-refractivity contribution in [2.45, 2.75) is 110 Å². The molecule has 0 aromatic rings. The molecule has 0 aromatic heterocycles. The summed E-state index contributed by atoms with van der Waals surface area (Å²) in [7, 11) is 0. The van der Waals surface area contributed by atoms with Crippen molar-refractivity contribution in [2.75, 3.05) is 165 Å². The fraction of sp³-hybridized carbons (Fsp3) is 0.955. The van der Waals surface area contributed by atoms with Crippen molar-refractivity contribution < 1.29 is 71.5 Å². The van der Waals surface area contributed by atoms with E-state index in [0.717, 1.165) is 13.0 Å². The van der Waals surface area contributed by atoms with Crippen LogP contribution in [-0.2, 0) is 66.4 Å². The second-order valence-electron chi connectivity index (χ2n) is 14.2. The molecule has 0 aliphatic carbocycles. The van der Waals surface area contributed by atoms with Gasteiger partial charge in [-0.15, -0.1) is 0 Å². The van der Waals surface area contributed by atoms with E-state index in [-0.39, 0.29) is 18.7 Å². The summed E-state index contributed by atoms with van der Waals surface area (Å²) in [5.74, 6) is -1.25. The lowest BCUT2D eigenvalue weighted by Gasteiger charge is -2.09. The number of hydrogen-bond donors (Lipinski definition) is 2. The van der Waals surface area contributed by atoms with Crippen molar-refractivity contribution in [3.05, 3.63) is 0 Å². The van der Waals surface area contributed by atoms with Crippen LogP contribution in [0, 0.1) is 0 Å². The van der Waals surface area contributed by atoms with Crippen molar-refractivity contribution in [2.24, 2.45) is 0 Å². The Kier molecular flexibility index (Phi) is 52.2. The first-order valence-electron chi connectivity index (χ1n) is 23.1. The van der Waals surface area contributed by atoms with Crippen molar-refractivity contribution in [3.8, 4) is 0 Å². The molecule has 16 nitrogen and oxygen atoms in total. The molecule has 0 heterocycles. The first-order chi connectivity index (χ1) is 29.7. The zero-order valence-electron chi connectivity index (χ0n) is 37.7. The van der Waals surface area contributed by atoms with E-state index in [0.29, 0.717) is 165 Å². The topological polar surface area (TPSA) is 177 Å². The molecule has 0 radical (unpaired) electrons. The summed E-state index contributed by atoms with van der Waals surface area (Å²) in [5, 5.41) is 11.2. The Morgan fingerprint density at radius 2 is 0.550 bits per heavy atom. The van der Waals surface area contributed by atoms with Crippen LogP contribution in [-0.4, -0.2) is 182 Å². The number of carbonyl (C=O) groups excluding carboxylic acids is 1. The summed E-state index contributed by atoms with van der Waals surface area (Å²) < 4.78 is 66.2. The van der Waals surface area contributed by atoms with Gasteiger partial charge in [-0.25, -0.2) is 0 Å². The molecule has 0 rings (SSSR count). The Balaban J connectivity index is 3.08. The Bertz CT molecular complexity index is 845. The summed E-state index contributed by atoms with van der Waals surface area (Å²) in [5.41, 5.74) is 0. The van der Waals surface area contributed by atoms with E-state index in [1.807, 2.05) is 0 Å². The SMILES string of the molecule is CCCCCCCCCCCCCCCOCCOCCOCCOCCOCCOCCOCCOCCOCCOCCOCCOCCCNC(=O)CCC(=O)O. The number of carboxylic acids is 1. The minimum Gasteiger partial charge on any atom is -0.481 e. The second kappa shape index (κ2) is 53.6. The van der Waals surface area contributed by atoms with Gasteiger partial charge in [-0.3, -0.25) is 9.59 Å².